The van der Waals surface area contributed by atoms with Crippen LogP contribution in [0.3, 0.4) is 0 Å². The fourth-order valence-corrected chi connectivity index (χ4v) is 11.5. The number of unbranched alkanes of at least 4 members (excludes halogenated alkanes) is 7. The Morgan fingerprint density at radius 3 is 0.919 bits per heavy atom. The van der Waals surface area contributed by atoms with Gasteiger partial charge in [0, 0.05) is 116 Å². The minimum absolute atomic E-state index is 0. The molecule has 0 aromatic heterocycles. The van der Waals surface area contributed by atoms with Crippen molar-refractivity contribution in [2.75, 3.05) is 216 Å². The second-order valence-electron chi connectivity index (χ2n) is 30.9. The Labute approximate surface area is 851 Å². The van der Waals surface area contributed by atoms with Crippen molar-refractivity contribution < 1.29 is 172 Å². The minimum atomic E-state index is -0.835. The molecule has 0 radical (unpaired) electrons. The van der Waals surface area contributed by atoms with E-state index < -0.39 is 18.0 Å². The number of carbonyl (C=O) groups is 15. The second kappa shape index (κ2) is 106. The number of rotatable bonds is 88. The molecule has 782 valence electrons. The molecule has 0 bridgehead atoms. The van der Waals surface area contributed by atoms with E-state index in [4.69, 9.17) is 81.8 Å². The van der Waals surface area contributed by atoms with Crippen LogP contribution in [0.2, 0.25) is 0 Å². The fraction of sp³-hybridized carbons (Fsp3) is 0.802. The zero-order chi connectivity index (χ0) is 101. The number of primary amides is 4. The summed E-state index contributed by atoms with van der Waals surface area (Å²) in [6.07, 6.45) is 18.3. The molecule has 15 amide bonds. The van der Waals surface area contributed by atoms with Crippen LogP contribution in [0.4, 0.5) is 0 Å². The second-order valence-corrected chi connectivity index (χ2v) is 31.9. The quantitative estimate of drug-likeness (QED) is 0.0159. The maximum absolute atomic E-state index is 12.7. The van der Waals surface area contributed by atoms with Crippen LogP contribution in [0.5, 0.6) is 0 Å². The topological polar surface area (TPSA) is 635 Å². The van der Waals surface area contributed by atoms with E-state index in [0.29, 0.717) is 169 Å². The van der Waals surface area contributed by atoms with Gasteiger partial charge < -0.3 is 146 Å². The summed E-state index contributed by atoms with van der Waals surface area (Å²) >= 11 is 1.86. The number of carbonyl (C=O) groups excluding carboxylic acids is 15. The summed E-state index contributed by atoms with van der Waals surface area (Å²) in [6, 6.07) is -1.53. The predicted octanol–water partition coefficient (Wildman–Crippen LogP) is -0.411. The molecular weight excluding hydrogens is 1800 g/mol. The number of nitrogens with one attached hydrogen (secondary N) is 12. The standard InChI is InChI=1S/C44H82N8O14.C37H70N8O11.C5H12NS.C3H3.C2H6.K.H2/c1-4-22-61-25-28-64-33-41(57)51-21-24-63-27-30-66-32-40(56)49-19-10-7-14-36(43(46)59)52-44(60)35(3)13-6-9-17-47-37(53)15-11-16-38(54)50-20-23-62-26-29-65-31-39(55)48-18-8-5-12-34(2)42(45)58;1-28(35(39)50)10-4-7-16-41-33(48)26-55-24-23-54-21-19-43-34(49)27-56-25-22-53-20-18-42-31(46)13-9-14-32(47)45-30(12-3-6-15-38)37(52)44-17-8-5-11-29(2)36(40)51;1-7-5-3-2-4-6;1-3-2;1-2;;/h34-36H,4-33H2,1-3H3,(H2,45,58)(H2,46,59)(H,47,53)(H,48,55)(H,49,56)(H,50,54)(H,51,57)(H,52,60);28-30H,3-27,38H2,1-2H3,(H2,39,50)(H2,40,51)(H,41,48)(H,42,46)(H,43,49)(H,44,52)(H,45,47);6H,2-5H2,1H3;1H,2H2;1-2H3;;1H/q;;2*-1;;+1;/t34-,35-,36-;28-,29-,30-;;;;;/m00...../s1. The number of ether oxygens (including phenoxy) is 10. The van der Waals surface area contributed by atoms with Crippen molar-refractivity contribution in [2.45, 2.75) is 234 Å². The molecule has 0 spiro atoms. The largest absolute Gasteiger partial charge is 1.00 e. The summed E-state index contributed by atoms with van der Waals surface area (Å²) in [4.78, 5) is 179. The van der Waals surface area contributed by atoms with Crippen LogP contribution < -0.4 is 139 Å². The SMILES string of the molecule is CC.CCCOCCOCC(=O)NCCOCCOCC(=O)NCCCC[C@H](NC(=O)[C@@H](C)CCCCNC(=O)CCCC(=O)NCCOCCOCC(=O)NCCCC[C@H](C)C(N)=O)C(N)=O.CSCCCC[NH-].C[C@@H](CCCCNC(=O)COCCOCCNC(=O)COCCOCCNC(=O)CCCC(=O)N[C@@H](CCCCN)C(=O)NCCCC[C@H](C)C(N)=O)C(N)=O.[CH-]=C=C.[HH].[K+]. The van der Waals surface area contributed by atoms with Crippen molar-refractivity contribution >= 4 is 100 Å². The van der Waals surface area contributed by atoms with Crippen LogP contribution in [-0.2, 0) is 119 Å². The monoisotopic (exact) mass is 1980 g/mol. The minimum Gasteiger partial charge on any atom is -0.677 e. The van der Waals surface area contributed by atoms with Crippen molar-refractivity contribution in [2.24, 2.45) is 52.3 Å². The first-order valence-corrected chi connectivity index (χ1v) is 48.9. The first kappa shape index (κ1) is 139. The molecule has 0 heterocycles. The molecule has 0 unspecified atom stereocenters. The van der Waals surface area contributed by atoms with Gasteiger partial charge in [0.05, 0.1) is 92.5 Å². The Morgan fingerprint density at radius 2 is 0.607 bits per heavy atom. The van der Waals surface area contributed by atoms with E-state index in [0.717, 1.165) is 51.4 Å². The molecule has 0 saturated carbocycles. The van der Waals surface area contributed by atoms with Crippen molar-refractivity contribution in [3.8, 4) is 0 Å². The molecule has 0 aromatic carbocycles. The van der Waals surface area contributed by atoms with Gasteiger partial charge in [-0.25, -0.2) is 13.2 Å². The van der Waals surface area contributed by atoms with Crippen LogP contribution in [-0.4, -0.2) is 317 Å². The van der Waals surface area contributed by atoms with E-state index in [9.17, 15) is 71.9 Å². The fourth-order valence-electron chi connectivity index (χ4n) is 11.0. The van der Waals surface area contributed by atoms with Gasteiger partial charge in [0.1, 0.15) is 45.1 Å². The first-order chi connectivity index (χ1) is 64.5. The van der Waals surface area contributed by atoms with E-state index in [2.05, 4.69) is 77.9 Å². The van der Waals surface area contributed by atoms with Crippen molar-refractivity contribution in [1.82, 2.24) is 58.5 Å². The third-order valence-corrected chi connectivity index (χ3v) is 19.7. The molecular formula is C91H175KN17O25S-. The maximum atomic E-state index is 12.7. The number of hydrogen-bond donors (Lipinski definition) is 16. The van der Waals surface area contributed by atoms with Crippen molar-refractivity contribution in [1.29, 1.82) is 0 Å². The van der Waals surface area contributed by atoms with E-state index in [1.54, 1.807) is 27.7 Å². The molecule has 0 aliphatic rings. The summed E-state index contributed by atoms with van der Waals surface area (Å²) in [5, 5.41) is 30.2. The molecule has 0 aliphatic heterocycles. The van der Waals surface area contributed by atoms with E-state index in [1.807, 2.05) is 38.3 Å². The third-order valence-electron chi connectivity index (χ3n) is 19.0. The smallest absolute Gasteiger partial charge is 0.677 e. The molecule has 44 heteroatoms. The summed E-state index contributed by atoms with van der Waals surface area (Å²) in [7, 11) is 0. The van der Waals surface area contributed by atoms with E-state index in [1.165, 1.54) is 12.2 Å². The summed E-state index contributed by atoms with van der Waals surface area (Å²) < 4.78 is 53.2. The van der Waals surface area contributed by atoms with Gasteiger partial charge in [-0.3, -0.25) is 71.9 Å². The molecule has 0 saturated heterocycles. The Bertz CT molecular complexity index is 3080. The van der Waals surface area contributed by atoms with Gasteiger partial charge in [0.2, 0.25) is 88.6 Å². The van der Waals surface area contributed by atoms with Gasteiger partial charge in [0.15, 0.2) is 0 Å². The summed E-state index contributed by atoms with van der Waals surface area (Å²) in [5.74, 6) is -4.11. The van der Waals surface area contributed by atoms with Crippen LogP contribution in [0.15, 0.2) is 12.3 Å². The van der Waals surface area contributed by atoms with Gasteiger partial charge in [-0.1, -0.05) is 80.6 Å². The molecule has 0 fully saturated rings. The molecule has 22 N–H and O–H groups in total. The predicted molar refractivity (Wildman–Crippen MR) is 516 cm³/mol. The molecule has 42 nitrogen and oxygen atoms in total. The molecule has 0 rings (SSSR count). The zero-order valence-electron chi connectivity index (χ0n) is 83.0. The normalized spacial score (nSPS) is 11.8. The van der Waals surface area contributed by atoms with Gasteiger partial charge in [-0.2, -0.15) is 18.3 Å². The maximum Gasteiger partial charge on any atom is 1.00 e. The number of nitrogens with two attached hydrogens (primary N) is 5. The third kappa shape index (κ3) is 104. The van der Waals surface area contributed by atoms with Gasteiger partial charge in [-0.15, -0.1) is 0 Å². The number of amides is 15. The van der Waals surface area contributed by atoms with E-state index >= 15 is 0 Å². The van der Waals surface area contributed by atoms with Crippen molar-refractivity contribution in [3.05, 3.63) is 24.6 Å². The van der Waals surface area contributed by atoms with Crippen LogP contribution in [0.1, 0.15) is 223 Å². The summed E-state index contributed by atoms with van der Waals surface area (Å²) in [6.45, 7) is 29.0. The van der Waals surface area contributed by atoms with Gasteiger partial charge in [-0.05, 0) is 134 Å². The van der Waals surface area contributed by atoms with Crippen LogP contribution in [0.25, 0.3) is 5.73 Å². The number of thioether (sulfide) groups is 1. The van der Waals surface area contributed by atoms with E-state index in [-0.39, 0.29) is 310 Å². The average Bonchev–Trinajstić information content (AvgIpc) is 0.917. The molecule has 0 aromatic rings. The Kier molecular flexibility index (Phi) is 109. The van der Waals surface area contributed by atoms with Gasteiger partial charge in [0.25, 0.3) is 0 Å². The Hall–Kier alpha value is -6.92. The zero-order valence-corrected chi connectivity index (χ0v) is 86.9. The van der Waals surface area contributed by atoms with Crippen LogP contribution in [0, 0.1) is 30.3 Å². The Balaban J connectivity index is -0.000000435. The molecule has 0 aliphatic carbocycles. The number of hydrogen-bond acceptors (Lipinski definition) is 27. The Morgan fingerprint density at radius 1 is 0.333 bits per heavy atom. The average molecular weight is 1980 g/mol. The van der Waals surface area contributed by atoms with Crippen LogP contribution >= 0.6 is 11.8 Å². The van der Waals surface area contributed by atoms with Crippen molar-refractivity contribution in [3.63, 3.8) is 0 Å². The molecule has 135 heavy (non-hydrogen) atoms. The molecule has 6 atom stereocenters. The summed E-state index contributed by atoms with van der Waals surface area (Å²) in [5.41, 5.74) is 35.6. The first-order valence-electron chi connectivity index (χ1n) is 47.5. The van der Waals surface area contributed by atoms with Gasteiger partial charge >= 0.3 is 51.4 Å².